The number of rotatable bonds is 7. The standard InChI is InChI=1S/C14H22FNS/c1-11(2)16-10-12(8-9-17-3)13-6-4-5-7-14(13)15/h4-7,11-12,16H,8-10H2,1-3H3. The lowest BCUT2D eigenvalue weighted by atomic mass is 9.95. The monoisotopic (exact) mass is 255 g/mol. The molecule has 0 aromatic heterocycles. The van der Waals surface area contributed by atoms with Crippen LogP contribution in [0.15, 0.2) is 24.3 Å². The third kappa shape index (κ3) is 5.09. The van der Waals surface area contributed by atoms with Crippen LogP contribution in [0, 0.1) is 5.82 Å². The molecule has 1 aromatic carbocycles. The van der Waals surface area contributed by atoms with Crippen molar-refractivity contribution in [1.82, 2.24) is 5.32 Å². The van der Waals surface area contributed by atoms with Crippen LogP contribution in [0.3, 0.4) is 0 Å². The maximum absolute atomic E-state index is 13.8. The molecule has 1 rings (SSSR count). The van der Waals surface area contributed by atoms with E-state index in [1.807, 2.05) is 23.9 Å². The van der Waals surface area contributed by atoms with E-state index in [1.54, 1.807) is 12.1 Å². The van der Waals surface area contributed by atoms with E-state index in [4.69, 9.17) is 0 Å². The van der Waals surface area contributed by atoms with E-state index in [-0.39, 0.29) is 11.7 Å². The number of nitrogens with one attached hydrogen (secondary N) is 1. The Balaban J connectivity index is 2.71. The van der Waals surface area contributed by atoms with Crippen LogP contribution in [-0.2, 0) is 0 Å². The zero-order chi connectivity index (χ0) is 12.7. The molecule has 1 aromatic rings. The molecule has 0 radical (unpaired) electrons. The summed E-state index contributed by atoms with van der Waals surface area (Å²) in [5.74, 6) is 1.26. The minimum Gasteiger partial charge on any atom is -0.314 e. The molecule has 0 amide bonds. The van der Waals surface area contributed by atoms with Crippen molar-refractivity contribution < 1.29 is 4.39 Å². The van der Waals surface area contributed by atoms with E-state index in [9.17, 15) is 4.39 Å². The lowest BCUT2D eigenvalue weighted by molar-refractivity contribution is 0.501. The fraction of sp³-hybridized carbons (Fsp3) is 0.571. The summed E-state index contributed by atoms with van der Waals surface area (Å²) in [5.41, 5.74) is 0.842. The number of hydrogen-bond donors (Lipinski definition) is 1. The second kappa shape index (κ2) is 7.72. The summed E-state index contributed by atoms with van der Waals surface area (Å²) >= 11 is 1.81. The van der Waals surface area contributed by atoms with Gasteiger partial charge < -0.3 is 5.32 Å². The van der Waals surface area contributed by atoms with E-state index in [2.05, 4.69) is 25.4 Å². The average molecular weight is 255 g/mol. The molecule has 1 atom stereocenters. The van der Waals surface area contributed by atoms with Crippen LogP contribution in [0.2, 0.25) is 0 Å². The molecule has 96 valence electrons. The minimum absolute atomic E-state index is 0.0795. The topological polar surface area (TPSA) is 12.0 Å². The number of halogens is 1. The Morgan fingerprint density at radius 2 is 2.00 bits per heavy atom. The van der Waals surface area contributed by atoms with Gasteiger partial charge in [0.1, 0.15) is 5.82 Å². The van der Waals surface area contributed by atoms with Crippen LogP contribution in [-0.4, -0.2) is 24.6 Å². The van der Waals surface area contributed by atoms with Gasteiger partial charge in [0, 0.05) is 18.5 Å². The molecule has 0 aliphatic rings. The van der Waals surface area contributed by atoms with Crippen molar-refractivity contribution in [1.29, 1.82) is 0 Å². The summed E-state index contributed by atoms with van der Waals surface area (Å²) in [6.45, 7) is 5.08. The largest absolute Gasteiger partial charge is 0.314 e. The quantitative estimate of drug-likeness (QED) is 0.798. The zero-order valence-electron chi connectivity index (χ0n) is 10.9. The van der Waals surface area contributed by atoms with Crippen molar-refractivity contribution in [3.8, 4) is 0 Å². The van der Waals surface area contributed by atoms with Crippen LogP contribution >= 0.6 is 11.8 Å². The molecule has 0 saturated carbocycles. The zero-order valence-corrected chi connectivity index (χ0v) is 11.7. The summed E-state index contributed by atoms with van der Waals surface area (Å²) in [6.07, 6.45) is 3.11. The highest BCUT2D eigenvalue weighted by Crippen LogP contribution is 2.23. The van der Waals surface area contributed by atoms with Crippen LogP contribution in [0.4, 0.5) is 4.39 Å². The second-order valence-electron chi connectivity index (χ2n) is 4.56. The molecule has 0 aliphatic heterocycles. The first kappa shape index (κ1) is 14.5. The van der Waals surface area contributed by atoms with Gasteiger partial charge in [-0.15, -0.1) is 0 Å². The third-order valence-corrected chi connectivity index (χ3v) is 3.43. The Bertz CT molecular complexity index is 328. The van der Waals surface area contributed by atoms with E-state index in [1.165, 1.54) is 0 Å². The molecule has 0 saturated heterocycles. The number of hydrogen-bond acceptors (Lipinski definition) is 2. The molecule has 0 spiro atoms. The van der Waals surface area contributed by atoms with Crippen molar-refractivity contribution in [3.63, 3.8) is 0 Å². The Labute approximate surface area is 108 Å². The van der Waals surface area contributed by atoms with Gasteiger partial charge in [0.25, 0.3) is 0 Å². The lowest BCUT2D eigenvalue weighted by Crippen LogP contribution is -2.28. The molecule has 1 nitrogen and oxygen atoms in total. The van der Waals surface area contributed by atoms with Gasteiger partial charge in [-0.05, 0) is 30.1 Å². The predicted molar refractivity (Wildman–Crippen MR) is 75.3 cm³/mol. The van der Waals surface area contributed by atoms with Gasteiger partial charge in [-0.1, -0.05) is 32.0 Å². The first-order chi connectivity index (χ1) is 8.15. The summed E-state index contributed by atoms with van der Waals surface area (Å²) in [4.78, 5) is 0. The second-order valence-corrected chi connectivity index (χ2v) is 5.55. The van der Waals surface area contributed by atoms with Gasteiger partial charge in [0.15, 0.2) is 0 Å². The molecular formula is C14H22FNS. The minimum atomic E-state index is -0.0795. The van der Waals surface area contributed by atoms with Gasteiger partial charge in [0.05, 0.1) is 0 Å². The molecule has 17 heavy (non-hydrogen) atoms. The molecular weight excluding hydrogens is 233 g/mol. The fourth-order valence-corrected chi connectivity index (χ4v) is 2.33. The maximum Gasteiger partial charge on any atom is 0.126 e. The normalized spacial score (nSPS) is 13.0. The van der Waals surface area contributed by atoms with Crippen molar-refractivity contribution in [2.45, 2.75) is 32.2 Å². The van der Waals surface area contributed by atoms with E-state index < -0.39 is 0 Å². The highest BCUT2D eigenvalue weighted by Gasteiger charge is 2.15. The van der Waals surface area contributed by atoms with Crippen LogP contribution < -0.4 is 5.32 Å². The average Bonchev–Trinajstić information content (AvgIpc) is 2.30. The van der Waals surface area contributed by atoms with Crippen LogP contribution in [0.1, 0.15) is 31.7 Å². The molecule has 0 aliphatic carbocycles. The van der Waals surface area contributed by atoms with Gasteiger partial charge in [-0.2, -0.15) is 11.8 Å². The van der Waals surface area contributed by atoms with Crippen LogP contribution in [0.25, 0.3) is 0 Å². The summed E-state index contributed by atoms with van der Waals surface area (Å²) < 4.78 is 13.8. The summed E-state index contributed by atoms with van der Waals surface area (Å²) in [7, 11) is 0. The van der Waals surface area contributed by atoms with Crippen molar-refractivity contribution in [3.05, 3.63) is 35.6 Å². The molecule has 0 fully saturated rings. The summed E-state index contributed by atoms with van der Waals surface area (Å²) in [6, 6.07) is 7.57. The SMILES string of the molecule is CSCCC(CNC(C)C)c1ccccc1F. The van der Waals surface area contributed by atoms with Crippen molar-refractivity contribution >= 4 is 11.8 Å². The smallest absolute Gasteiger partial charge is 0.126 e. The third-order valence-electron chi connectivity index (χ3n) is 2.79. The summed E-state index contributed by atoms with van der Waals surface area (Å²) in [5, 5.41) is 3.40. The van der Waals surface area contributed by atoms with Gasteiger partial charge in [-0.25, -0.2) is 4.39 Å². The maximum atomic E-state index is 13.8. The Morgan fingerprint density at radius 1 is 1.29 bits per heavy atom. The molecule has 0 heterocycles. The Morgan fingerprint density at radius 3 is 2.59 bits per heavy atom. The highest BCUT2D eigenvalue weighted by molar-refractivity contribution is 7.98. The highest BCUT2D eigenvalue weighted by atomic mass is 32.2. The molecule has 1 unspecified atom stereocenters. The van der Waals surface area contributed by atoms with Crippen LogP contribution in [0.5, 0.6) is 0 Å². The predicted octanol–water partition coefficient (Wildman–Crippen LogP) is 3.66. The molecule has 3 heteroatoms. The molecule has 1 N–H and O–H groups in total. The van der Waals surface area contributed by atoms with E-state index in [0.717, 1.165) is 24.3 Å². The number of thioether (sulfide) groups is 1. The van der Waals surface area contributed by atoms with E-state index in [0.29, 0.717) is 6.04 Å². The first-order valence-electron chi connectivity index (χ1n) is 6.12. The Hall–Kier alpha value is -0.540. The van der Waals surface area contributed by atoms with Crippen molar-refractivity contribution in [2.24, 2.45) is 0 Å². The number of benzene rings is 1. The van der Waals surface area contributed by atoms with Gasteiger partial charge >= 0.3 is 0 Å². The van der Waals surface area contributed by atoms with Gasteiger partial charge in [0.2, 0.25) is 0 Å². The lowest BCUT2D eigenvalue weighted by Gasteiger charge is -2.20. The van der Waals surface area contributed by atoms with Crippen molar-refractivity contribution in [2.75, 3.05) is 18.6 Å². The van der Waals surface area contributed by atoms with E-state index >= 15 is 0 Å². The van der Waals surface area contributed by atoms with Gasteiger partial charge in [-0.3, -0.25) is 0 Å². The fourth-order valence-electron chi connectivity index (χ4n) is 1.81. The first-order valence-corrected chi connectivity index (χ1v) is 7.51. The Kier molecular flexibility index (Phi) is 6.60. The molecule has 0 bridgehead atoms.